The molecule has 3 heteroatoms. The van der Waals surface area contributed by atoms with E-state index in [1.54, 1.807) is 0 Å². The average Bonchev–Trinajstić information content (AvgIpc) is 2.30. The van der Waals surface area contributed by atoms with Gasteiger partial charge >= 0.3 is 6.16 Å². The first-order valence-corrected chi connectivity index (χ1v) is 6.08. The van der Waals surface area contributed by atoms with E-state index in [-0.39, 0.29) is 6.61 Å². The van der Waals surface area contributed by atoms with Crippen LogP contribution in [0.15, 0.2) is 12.2 Å². The molecule has 3 nitrogen and oxygen atoms in total. The van der Waals surface area contributed by atoms with E-state index in [0.717, 1.165) is 18.4 Å². The molecule has 0 radical (unpaired) electrons. The third kappa shape index (κ3) is 9.56. The quantitative estimate of drug-likeness (QED) is 0.339. The van der Waals surface area contributed by atoms with Gasteiger partial charge in [-0.05, 0) is 18.4 Å². The van der Waals surface area contributed by atoms with E-state index < -0.39 is 6.16 Å². The Morgan fingerprint density at radius 2 is 1.75 bits per heavy atom. The number of unbranched alkanes of at least 4 members (excludes halogenated alkanes) is 5. The summed E-state index contributed by atoms with van der Waals surface area (Å²) in [5.74, 6) is 0. The van der Waals surface area contributed by atoms with Crippen molar-refractivity contribution in [3.05, 3.63) is 12.2 Å². The zero-order valence-electron chi connectivity index (χ0n) is 10.6. The second-order valence-corrected chi connectivity index (χ2v) is 4.01. The molecule has 0 heterocycles. The monoisotopic (exact) mass is 228 g/mol. The van der Waals surface area contributed by atoms with Gasteiger partial charge in [0.2, 0.25) is 0 Å². The van der Waals surface area contributed by atoms with Gasteiger partial charge in [-0.1, -0.05) is 45.6 Å². The summed E-state index contributed by atoms with van der Waals surface area (Å²) in [5.41, 5.74) is 0.959. The Bertz CT molecular complexity index is 199. The van der Waals surface area contributed by atoms with Crippen molar-refractivity contribution in [3.8, 4) is 0 Å². The summed E-state index contributed by atoms with van der Waals surface area (Å²) < 4.78 is 9.16. The zero-order chi connectivity index (χ0) is 12.2. The lowest BCUT2D eigenvalue weighted by Gasteiger charge is -2.06. The highest BCUT2D eigenvalue weighted by molar-refractivity contribution is 5.59. The van der Waals surface area contributed by atoms with Gasteiger partial charge in [0.15, 0.2) is 0 Å². The van der Waals surface area contributed by atoms with Crippen LogP contribution in [-0.2, 0) is 9.47 Å². The molecule has 0 atom stereocenters. The molecule has 0 spiro atoms. The van der Waals surface area contributed by atoms with Crippen LogP contribution in [0.1, 0.15) is 51.9 Å². The summed E-state index contributed by atoms with van der Waals surface area (Å²) in [5, 5.41) is 0. The van der Waals surface area contributed by atoms with Crippen molar-refractivity contribution in [2.45, 2.75) is 51.9 Å². The fraction of sp³-hybridized carbons (Fsp3) is 0.769. The van der Waals surface area contributed by atoms with Crippen LogP contribution in [0, 0.1) is 0 Å². The van der Waals surface area contributed by atoms with Crippen LogP contribution in [0.4, 0.5) is 4.79 Å². The van der Waals surface area contributed by atoms with Gasteiger partial charge < -0.3 is 9.47 Å². The van der Waals surface area contributed by atoms with Crippen molar-refractivity contribution in [2.75, 3.05) is 13.7 Å². The number of rotatable bonds is 9. The standard InChI is InChI=1S/C13H24O3/c1-4-5-6-7-8-9-10-12(2)11-16-13(14)15-3/h2,4-11H2,1,3H3. The molecule has 0 aromatic rings. The number of carbonyl (C=O) groups excluding carboxylic acids is 1. The van der Waals surface area contributed by atoms with Crippen LogP contribution in [0.2, 0.25) is 0 Å². The molecular weight excluding hydrogens is 204 g/mol. The lowest BCUT2D eigenvalue weighted by atomic mass is 10.1. The third-order valence-corrected chi connectivity index (χ3v) is 2.44. The summed E-state index contributed by atoms with van der Waals surface area (Å²) >= 11 is 0. The molecule has 94 valence electrons. The average molecular weight is 228 g/mol. The van der Waals surface area contributed by atoms with E-state index in [1.165, 1.54) is 39.2 Å². The number of hydrogen-bond donors (Lipinski definition) is 0. The molecule has 0 fully saturated rings. The Kier molecular flexibility index (Phi) is 9.87. The highest BCUT2D eigenvalue weighted by Gasteiger charge is 2.01. The fourth-order valence-corrected chi connectivity index (χ4v) is 1.45. The molecule has 0 N–H and O–H groups in total. The van der Waals surface area contributed by atoms with Crippen LogP contribution < -0.4 is 0 Å². The van der Waals surface area contributed by atoms with Gasteiger partial charge in [-0.15, -0.1) is 0 Å². The maximum atomic E-state index is 10.7. The maximum Gasteiger partial charge on any atom is 0.508 e. The molecule has 0 aromatic carbocycles. The van der Waals surface area contributed by atoms with Crippen molar-refractivity contribution in [2.24, 2.45) is 0 Å². The predicted molar refractivity (Wildman–Crippen MR) is 65.5 cm³/mol. The predicted octanol–water partition coefficient (Wildman–Crippen LogP) is 4.08. The van der Waals surface area contributed by atoms with Gasteiger partial charge in [-0.3, -0.25) is 0 Å². The van der Waals surface area contributed by atoms with E-state index in [9.17, 15) is 4.79 Å². The minimum absolute atomic E-state index is 0.279. The van der Waals surface area contributed by atoms with Crippen LogP contribution in [-0.4, -0.2) is 19.9 Å². The van der Waals surface area contributed by atoms with Crippen LogP contribution >= 0.6 is 0 Å². The van der Waals surface area contributed by atoms with Gasteiger partial charge in [0.05, 0.1) is 7.11 Å². The zero-order valence-corrected chi connectivity index (χ0v) is 10.6. The van der Waals surface area contributed by atoms with Crippen LogP contribution in [0.3, 0.4) is 0 Å². The Morgan fingerprint density at radius 3 is 2.38 bits per heavy atom. The Balaban J connectivity index is 3.27. The second kappa shape index (κ2) is 10.5. The van der Waals surface area contributed by atoms with Gasteiger partial charge in [0.25, 0.3) is 0 Å². The van der Waals surface area contributed by atoms with Gasteiger partial charge in [0, 0.05) is 0 Å². The van der Waals surface area contributed by atoms with Gasteiger partial charge in [0.1, 0.15) is 6.61 Å². The van der Waals surface area contributed by atoms with Crippen LogP contribution in [0.25, 0.3) is 0 Å². The van der Waals surface area contributed by atoms with E-state index >= 15 is 0 Å². The normalized spacial score (nSPS) is 9.88. The van der Waals surface area contributed by atoms with Gasteiger partial charge in [-0.2, -0.15) is 0 Å². The first kappa shape index (κ1) is 15.0. The molecule has 0 aliphatic rings. The summed E-state index contributed by atoms with van der Waals surface area (Å²) in [7, 11) is 1.30. The lowest BCUT2D eigenvalue weighted by Crippen LogP contribution is -2.06. The lowest BCUT2D eigenvalue weighted by molar-refractivity contribution is 0.0793. The molecular formula is C13H24O3. The molecule has 0 saturated heterocycles. The topological polar surface area (TPSA) is 35.5 Å². The van der Waals surface area contributed by atoms with Gasteiger partial charge in [-0.25, -0.2) is 4.79 Å². The van der Waals surface area contributed by atoms with Crippen molar-refractivity contribution in [3.63, 3.8) is 0 Å². The van der Waals surface area contributed by atoms with Crippen molar-refractivity contribution < 1.29 is 14.3 Å². The molecule has 0 saturated carbocycles. The minimum Gasteiger partial charge on any atom is -0.438 e. The highest BCUT2D eigenvalue weighted by atomic mass is 16.7. The van der Waals surface area contributed by atoms with Crippen molar-refractivity contribution in [1.82, 2.24) is 0 Å². The maximum absolute atomic E-state index is 10.7. The minimum atomic E-state index is -0.635. The fourth-order valence-electron chi connectivity index (χ4n) is 1.45. The second-order valence-electron chi connectivity index (χ2n) is 4.01. The number of ether oxygens (including phenoxy) is 2. The smallest absolute Gasteiger partial charge is 0.438 e. The van der Waals surface area contributed by atoms with E-state index in [0.29, 0.717) is 0 Å². The Labute approximate surface area is 98.8 Å². The molecule has 16 heavy (non-hydrogen) atoms. The van der Waals surface area contributed by atoms with E-state index in [2.05, 4.69) is 18.2 Å². The Morgan fingerprint density at radius 1 is 1.12 bits per heavy atom. The van der Waals surface area contributed by atoms with E-state index in [1.807, 2.05) is 0 Å². The largest absolute Gasteiger partial charge is 0.508 e. The number of hydrogen-bond acceptors (Lipinski definition) is 3. The molecule has 0 rings (SSSR count). The molecule has 0 aliphatic heterocycles. The molecule has 0 unspecified atom stereocenters. The molecule has 0 aliphatic carbocycles. The number of carbonyl (C=O) groups is 1. The van der Waals surface area contributed by atoms with E-state index in [4.69, 9.17) is 4.74 Å². The summed E-state index contributed by atoms with van der Waals surface area (Å²) in [6, 6.07) is 0. The van der Waals surface area contributed by atoms with Crippen molar-refractivity contribution in [1.29, 1.82) is 0 Å². The molecule has 0 bridgehead atoms. The first-order valence-electron chi connectivity index (χ1n) is 6.08. The molecule has 0 amide bonds. The van der Waals surface area contributed by atoms with Crippen LogP contribution in [0.5, 0.6) is 0 Å². The third-order valence-electron chi connectivity index (χ3n) is 2.44. The summed E-state index contributed by atoms with van der Waals surface area (Å²) in [6.07, 6.45) is 7.88. The summed E-state index contributed by atoms with van der Waals surface area (Å²) in [6.45, 7) is 6.36. The highest BCUT2D eigenvalue weighted by Crippen LogP contribution is 2.10. The SMILES string of the molecule is C=C(CCCCCCCC)COC(=O)OC. The first-order chi connectivity index (χ1) is 7.70. The van der Waals surface area contributed by atoms with Crippen molar-refractivity contribution >= 4 is 6.16 Å². The number of methoxy groups -OCH3 is 1. The molecule has 0 aromatic heterocycles. The Hall–Kier alpha value is -0.990. The summed E-state index contributed by atoms with van der Waals surface area (Å²) in [4.78, 5) is 10.7.